The number of halogens is 1. The number of ether oxygens (including phenoxy) is 1. The Hall–Kier alpha value is -0.760. The molecule has 0 aliphatic heterocycles. The van der Waals surface area contributed by atoms with Crippen molar-refractivity contribution in [3.63, 3.8) is 0 Å². The first-order valence-electron chi connectivity index (χ1n) is 7.74. The SMILES string of the molecule is CC(C)(C)OC(=O)NCC1(NCc2ccc(I)o2)CCCC1. The smallest absolute Gasteiger partial charge is 0.407 e. The van der Waals surface area contributed by atoms with Gasteiger partial charge in [-0.1, -0.05) is 12.8 Å². The van der Waals surface area contributed by atoms with Crippen molar-refractivity contribution < 1.29 is 13.9 Å². The molecular formula is C16H25IN2O3. The monoisotopic (exact) mass is 420 g/mol. The lowest BCUT2D eigenvalue weighted by Crippen LogP contribution is -2.51. The molecule has 5 nitrogen and oxygen atoms in total. The van der Waals surface area contributed by atoms with Crippen LogP contribution in [0.2, 0.25) is 0 Å². The molecule has 22 heavy (non-hydrogen) atoms. The van der Waals surface area contributed by atoms with E-state index in [0.717, 1.165) is 22.4 Å². The molecule has 1 aliphatic carbocycles. The Morgan fingerprint density at radius 3 is 2.59 bits per heavy atom. The lowest BCUT2D eigenvalue weighted by molar-refractivity contribution is 0.0509. The van der Waals surface area contributed by atoms with Crippen molar-refractivity contribution in [3.05, 3.63) is 21.7 Å². The van der Waals surface area contributed by atoms with Gasteiger partial charge in [-0.3, -0.25) is 0 Å². The van der Waals surface area contributed by atoms with Crippen molar-refractivity contribution in [2.75, 3.05) is 6.54 Å². The molecule has 6 heteroatoms. The summed E-state index contributed by atoms with van der Waals surface area (Å²) in [4.78, 5) is 11.9. The van der Waals surface area contributed by atoms with E-state index in [0.29, 0.717) is 13.1 Å². The van der Waals surface area contributed by atoms with Crippen LogP contribution >= 0.6 is 22.6 Å². The number of carbonyl (C=O) groups is 1. The van der Waals surface area contributed by atoms with Gasteiger partial charge >= 0.3 is 6.09 Å². The average molecular weight is 420 g/mol. The Labute approximate surface area is 145 Å². The highest BCUT2D eigenvalue weighted by Gasteiger charge is 2.34. The van der Waals surface area contributed by atoms with E-state index in [9.17, 15) is 4.79 Å². The molecule has 0 radical (unpaired) electrons. The lowest BCUT2D eigenvalue weighted by atomic mass is 9.97. The minimum absolute atomic E-state index is 0.0604. The van der Waals surface area contributed by atoms with Gasteiger partial charge in [-0.25, -0.2) is 4.79 Å². The minimum atomic E-state index is -0.467. The summed E-state index contributed by atoms with van der Waals surface area (Å²) in [5.74, 6) is 0.924. The first kappa shape index (κ1) is 17.6. The summed E-state index contributed by atoms with van der Waals surface area (Å²) < 4.78 is 11.8. The zero-order valence-electron chi connectivity index (χ0n) is 13.5. The number of furan rings is 1. The third kappa shape index (κ3) is 5.46. The quantitative estimate of drug-likeness (QED) is 0.712. The van der Waals surface area contributed by atoms with E-state index in [1.807, 2.05) is 32.9 Å². The van der Waals surface area contributed by atoms with Crippen LogP contribution in [-0.4, -0.2) is 23.8 Å². The predicted octanol–water partition coefficient (Wildman–Crippen LogP) is 3.81. The third-order valence-electron chi connectivity index (χ3n) is 3.80. The molecule has 0 bridgehead atoms. The molecular weight excluding hydrogens is 395 g/mol. The maximum atomic E-state index is 11.9. The number of alkyl carbamates (subject to hydrolysis) is 1. The summed E-state index contributed by atoms with van der Waals surface area (Å²) in [6.45, 7) is 6.87. The summed E-state index contributed by atoms with van der Waals surface area (Å²) in [6, 6.07) is 3.94. The van der Waals surface area contributed by atoms with E-state index in [1.54, 1.807) is 0 Å². The molecule has 0 atom stereocenters. The summed E-state index contributed by atoms with van der Waals surface area (Å²) in [5, 5.41) is 6.48. The molecule has 0 spiro atoms. The van der Waals surface area contributed by atoms with Crippen LogP contribution in [0.1, 0.15) is 52.2 Å². The van der Waals surface area contributed by atoms with Crippen molar-refractivity contribution in [1.29, 1.82) is 0 Å². The lowest BCUT2D eigenvalue weighted by Gasteiger charge is -2.31. The Morgan fingerprint density at radius 2 is 2.05 bits per heavy atom. The topological polar surface area (TPSA) is 63.5 Å². The van der Waals surface area contributed by atoms with Crippen LogP contribution in [0.3, 0.4) is 0 Å². The molecule has 1 fully saturated rings. The summed E-state index contributed by atoms with van der Waals surface area (Å²) in [5.41, 5.74) is -0.527. The Balaban J connectivity index is 1.87. The molecule has 124 valence electrons. The molecule has 1 aromatic rings. The van der Waals surface area contributed by atoms with Crippen molar-refractivity contribution >= 4 is 28.7 Å². The van der Waals surface area contributed by atoms with E-state index >= 15 is 0 Å². The van der Waals surface area contributed by atoms with Crippen molar-refractivity contribution in [1.82, 2.24) is 10.6 Å². The van der Waals surface area contributed by atoms with Crippen LogP contribution in [0.15, 0.2) is 16.5 Å². The fourth-order valence-corrected chi connectivity index (χ4v) is 3.21. The van der Waals surface area contributed by atoms with E-state index < -0.39 is 5.60 Å². The van der Waals surface area contributed by atoms with Gasteiger partial charge in [0.05, 0.1) is 6.54 Å². The second kappa shape index (κ2) is 7.21. The van der Waals surface area contributed by atoms with Crippen LogP contribution in [-0.2, 0) is 11.3 Å². The number of rotatable bonds is 5. The highest BCUT2D eigenvalue weighted by Crippen LogP contribution is 2.29. The summed E-state index contributed by atoms with van der Waals surface area (Å²) in [6.07, 6.45) is 4.12. The van der Waals surface area contributed by atoms with Crippen LogP contribution in [0, 0.1) is 3.77 Å². The number of amides is 1. The van der Waals surface area contributed by atoms with Gasteiger partial charge in [-0.15, -0.1) is 0 Å². The molecule has 1 heterocycles. The number of hydrogen-bond donors (Lipinski definition) is 2. The van der Waals surface area contributed by atoms with Crippen LogP contribution in [0.5, 0.6) is 0 Å². The first-order valence-corrected chi connectivity index (χ1v) is 8.82. The second-order valence-electron chi connectivity index (χ2n) is 6.90. The summed E-state index contributed by atoms with van der Waals surface area (Å²) in [7, 11) is 0. The van der Waals surface area contributed by atoms with Crippen LogP contribution in [0.25, 0.3) is 0 Å². The van der Waals surface area contributed by atoms with E-state index in [4.69, 9.17) is 9.15 Å². The van der Waals surface area contributed by atoms with Gasteiger partial charge in [-0.05, 0) is 68.3 Å². The normalized spacial score (nSPS) is 17.5. The van der Waals surface area contributed by atoms with Gasteiger partial charge in [-0.2, -0.15) is 0 Å². The highest BCUT2D eigenvalue weighted by molar-refractivity contribution is 14.1. The number of nitrogens with one attached hydrogen (secondary N) is 2. The second-order valence-corrected chi connectivity index (χ2v) is 7.97. The van der Waals surface area contributed by atoms with Gasteiger partial charge in [0.1, 0.15) is 11.4 Å². The van der Waals surface area contributed by atoms with Gasteiger partial charge in [0.2, 0.25) is 0 Å². The molecule has 1 aliphatic rings. The van der Waals surface area contributed by atoms with Crippen molar-refractivity contribution in [2.24, 2.45) is 0 Å². The fraction of sp³-hybridized carbons (Fsp3) is 0.688. The Morgan fingerprint density at radius 1 is 1.36 bits per heavy atom. The van der Waals surface area contributed by atoms with E-state index in [2.05, 4.69) is 33.2 Å². The molecule has 0 saturated heterocycles. The Bertz CT molecular complexity index is 502. The Kier molecular flexibility index (Phi) is 5.76. The van der Waals surface area contributed by atoms with Gasteiger partial charge in [0, 0.05) is 12.1 Å². The van der Waals surface area contributed by atoms with Crippen molar-refractivity contribution in [2.45, 2.75) is 64.1 Å². The highest BCUT2D eigenvalue weighted by atomic mass is 127. The standard InChI is InChI=1S/C16H25IN2O3/c1-15(2,3)22-14(20)18-11-16(8-4-5-9-16)19-10-12-6-7-13(17)21-12/h6-7,19H,4-5,8-11H2,1-3H3,(H,18,20). The van der Waals surface area contributed by atoms with Crippen LogP contribution in [0.4, 0.5) is 4.79 Å². The van der Waals surface area contributed by atoms with E-state index in [1.165, 1.54) is 12.8 Å². The zero-order chi connectivity index (χ0) is 16.2. The summed E-state index contributed by atoms with van der Waals surface area (Å²) >= 11 is 2.16. The molecule has 1 saturated carbocycles. The number of hydrogen-bond acceptors (Lipinski definition) is 4. The number of carbonyl (C=O) groups excluding carboxylic acids is 1. The van der Waals surface area contributed by atoms with Gasteiger partial charge in [0.15, 0.2) is 3.77 Å². The van der Waals surface area contributed by atoms with Crippen LogP contribution < -0.4 is 10.6 Å². The van der Waals surface area contributed by atoms with Crippen molar-refractivity contribution in [3.8, 4) is 0 Å². The van der Waals surface area contributed by atoms with E-state index in [-0.39, 0.29) is 11.6 Å². The maximum absolute atomic E-state index is 11.9. The largest absolute Gasteiger partial charge is 0.454 e. The molecule has 1 aromatic heterocycles. The molecule has 0 unspecified atom stereocenters. The molecule has 2 N–H and O–H groups in total. The van der Waals surface area contributed by atoms with Gasteiger partial charge in [0.25, 0.3) is 0 Å². The first-order chi connectivity index (χ1) is 10.3. The molecule has 1 amide bonds. The predicted molar refractivity (Wildman–Crippen MR) is 93.7 cm³/mol. The minimum Gasteiger partial charge on any atom is -0.454 e. The zero-order valence-corrected chi connectivity index (χ0v) is 15.7. The fourth-order valence-electron chi connectivity index (χ4n) is 2.74. The average Bonchev–Trinajstić information content (AvgIpc) is 3.02. The molecule has 0 aromatic carbocycles. The molecule has 2 rings (SSSR count). The van der Waals surface area contributed by atoms with Gasteiger partial charge < -0.3 is 19.8 Å². The maximum Gasteiger partial charge on any atom is 0.407 e. The third-order valence-corrected chi connectivity index (χ3v) is 4.38.